The van der Waals surface area contributed by atoms with E-state index in [0.29, 0.717) is 6.54 Å². The zero-order valence-electron chi connectivity index (χ0n) is 13.4. The molecular formula is C18H22ClN3O. The van der Waals surface area contributed by atoms with Crippen LogP contribution < -0.4 is 10.6 Å². The van der Waals surface area contributed by atoms with Gasteiger partial charge < -0.3 is 15.7 Å². The molecule has 2 aromatic rings. The van der Waals surface area contributed by atoms with E-state index in [9.17, 15) is 5.11 Å². The van der Waals surface area contributed by atoms with Gasteiger partial charge in [-0.15, -0.1) is 0 Å². The summed E-state index contributed by atoms with van der Waals surface area (Å²) in [5.41, 5.74) is 2.10. The SMILES string of the molecule is CCNC(=NCc1cccc(O)c1)NC(C)c1ccc(Cl)cc1. The summed E-state index contributed by atoms with van der Waals surface area (Å²) in [5.74, 6) is 0.989. The highest BCUT2D eigenvalue weighted by Gasteiger charge is 2.07. The number of aliphatic imine (C=N–C) groups is 1. The van der Waals surface area contributed by atoms with Gasteiger partial charge in [0.1, 0.15) is 5.75 Å². The van der Waals surface area contributed by atoms with E-state index in [1.54, 1.807) is 12.1 Å². The van der Waals surface area contributed by atoms with Gasteiger partial charge in [0.15, 0.2) is 5.96 Å². The first-order chi connectivity index (χ1) is 11.1. The molecule has 122 valence electrons. The fraction of sp³-hybridized carbons (Fsp3) is 0.278. The van der Waals surface area contributed by atoms with Crippen LogP contribution in [0.15, 0.2) is 53.5 Å². The zero-order valence-corrected chi connectivity index (χ0v) is 14.1. The average Bonchev–Trinajstić information content (AvgIpc) is 2.53. The number of benzene rings is 2. The Morgan fingerprint density at radius 2 is 1.96 bits per heavy atom. The molecule has 0 spiro atoms. The molecule has 4 nitrogen and oxygen atoms in total. The number of hydrogen-bond acceptors (Lipinski definition) is 2. The summed E-state index contributed by atoms with van der Waals surface area (Å²) in [6.45, 7) is 5.37. The van der Waals surface area contributed by atoms with Crippen molar-refractivity contribution in [1.29, 1.82) is 0 Å². The van der Waals surface area contributed by atoms with E-state index in [0.717, 1.165) is 28.7 Å². The number of hydrogen-bond donors (Lipinski definition) is 3. The summed E-state index contributed by atoms with van der Waals surface area (Å²) in [5, 5.41) is 16.8. The molecule has 3 N–H and O–H groups in total. The Hall–Kier alpha value is -2.20. The molecule has 1 atom stereocenters. The van der Waals surface area contributed by atoms with Crippen LogP contribution in [0.4, 0.5) is 0 Å². The van der Waals surface area contributed by atoms with Crippen molar-refractivity contribution in [2.45, 2.75) is 26.4 Å². The first-order valence-corrected chi connectivity index (χ1v) is 8.04. The summed E-state index contributed by atoms with van der Waals surface area (Å²) in [6.07, 6.45) is 0. The van der Waals surface area contributed by atoms with Gasteiger partial charge in [0, 0.05) is 11.6 Å². The second-order valence-electron chi connectivity index (χ2n) is 5.28. The van der Waals surface area contributed by atoms with E-state index < -0.39 is 0 Å². The predicted molar refractivity (Wildman–Crippen MR) is 95.9 cm³/mol. The quantitative estimate of drug-likeness (QED) is 0.576. The number of phenols is 1. The highest BCUT2D eigenvalue weighted by Crippen LogP contribution is 2.16. The molecule has 0 fully saturated rings. The summed E-state index contributed by atoms with van der Waals surface area (Å²) >= 11 is 5.93. The van der Waals surface area contributed by atoms with E-state index >= 15 is 0 Å². The van der Waals surface area contributed by atoms with Crippen molar-refractivity contribution in [3.8, 4) is 5.75 Å². The minimum absolute atomic E-state index is 0.106. The molecule has 2 rings (SSSR count). The lowest BCUT2D eigenvalue weighted by atomic mass is 10.1. The highest BCUT2D eigenvalue weighted by atomic mass is 35.5. The van der Waals surface area contributed by atoms with Gasteiger partial charge in [-0.05, 0) is 49.2 Å². The summed E-state index contributed by atoms with van der Waals surface area (Å²) in [4.78, 5) is 4.57. The van der Waals surface area contributed by atoms with Gasteiger partial charge >= 0.3 is 0 Å². The van der Waals surface area contributed by atoms with Gasteiger partial charge in [0.05, 0.1) is 12.6 Å². The number of rotatable bonds is 5. The Morgan fingerprint density at radius 1 is 1.22 bits per heavy atom. The number of nitrogens with zero attached hydrogens (tertiary/aromatic N) is 1. The first-order valence-electron chi connectivity index (χ1n) is 7.66. The Balaban J connectivity index is 2.05. The molecule has 5 heteroatoms. The Labute approximate surface area is 142 Å². The fourth-order valence-electron chi connectivity index (χ4n) is 2.19. The van der Waals surface area contributed by atoms with Crippen LogP contribution in [-0.4, -0.2) is 17.6 Å². The van der Waals surface area contributed by atoms with Crippen LogP contribution in [0.3, 0.4) is 0 Å². The van der Waals surface area contributed by atoms with Gasteiger partial charge in [-0.2, -0.15) is 0 Å². The second kappa shape index (κ2) is 8.44. The lowest BCUT2D eigenvalue weighted by Crippen LogP contribution is -2.38. The fourth-order valence-corrected chi connectivity index (χ4v) is 2.31. The molecular weight excluding hydrogens is 310 g/mol. The largest absolute Gasteiger partial charge is 0.508 e. The van der Waals surface area contributed by atoms with E-state index in [1.807, 2.05) is 43.3 Å². The monoisotopic (exact) mass is 331 g/mol. The third-order valence-electron chi connectivity index (χ3n) is 3.40. The van der Waals surface area contributed by atoms with Crippen molar-refractivity contribution in [2.24, 2.45) is 4.99 Å². The minimum Gasteiger partial charge on any atom is -0.508 e. The van der Waals surface area contributed by atoms with Gasteiger partial charge in [-0.3, -0.25) is 0 Å². The molecule has 2 aromatic carbocycles. The zero-order chi connectivity index (χ0) is 16.7. The molecule has 0 radical (unpaired) electrons. The van der Waals surface area contributed by atoms with E-state index in [-0.39, 0.29) is 11.8 Å². The molecule has 23 heavy (non-hydrogen) atoms. The predicted octanol–water partition coefficient (Wildman–Crippen LogP) is 3.86. The van der Waals surface area contributed by atoms with Crippen LogP contribution in [0.5, 0.6) is 5.75 Å². The highest BCUT2D eigenvalue weighted by molar-refractivity contribution is 6.30. The van der Waals surface area contributed by atoms with Crippen LogP contribution in [0, 0.1) is 0 Å². The molecule has 0 saturated heterocycles. The van der Waals surface area contributed by atoms with Crippen molar-refractivity contribution >= 4 is 17.6 Å². The molecule has 0 saturated carbocycles. The molecule has 0 aromatic heterocycles. The summed E-state index contributed by atoms with van der Waals surface area (Å²) < 4.78 is 0. The van der Waals surface area contributed by atoms with Crippen molar-refractivity contribution in [3.05, 3.63) is 64.7 Å². The lowest BCUT2D eigenvalue weighted by Gasteiger charge is -2.18. The summed E-state index contributed by atoms with van der Waals surface area (Å²) in [6, 6.07) is 15.0. The minimum atomic E-state index is 0.106. The maximum absolute atomic E-state index is 9.51. The van der Waals surface area contributed by atoms with Crippen LogP contribution in [0.2, 0.25) is 5.02 Å². The van der Waals surface area contributed by atoms with Gasteiger partial charge in [0.2, 0.25) is 0 Å². The Bertz CT molecular complexity index is 656. The third-order valence-corrected chi connectivity index (χ3v) is 3.65. The van der Waals surface area contributed by atoms with E-state index in [1.165, 1.54) is 0 Å². The Kier molecular flexibility index (Phi) is 6.29. The molecule has 0 heterocycles. The molecule has 0 bridgehead atoms. The van der Waals surface area contributed by atoms with Crippen molar-refractivity contribution in [3.63, 3.8) is 0 Å². The number of nitrogens with one attached hydrogen (secondary N) is 2. The smallest absolute Gasteiger partial charge is 0.192 e. The molecule has 0 aliphatic heterocycles. The maximum atomic E-state index is 9.51. The molecule has 0 aliphatic carbocycles. The topological polar surface area (TPSA) is 56.7 Å². The summed E-state index contributed by atoms with van der Waals surface area (Å²) in [7, 11) is 0. The van der Waals surface area contributed by atoms with Gasteiger partial charge in [-0.1, -0.05) is 35.9 Å². The van der Waals surface area contributed by atoms with Crippen LogP contribution >= 0.6 is 11.6 Å². The number of guanidine groups is 1. The normalized spacial score (nSPS) is 12.7. The second-order valence-corrected chi connectivity index (χ2v) is 5.72. The van der Waals surface area contributed by atoms with Gasteiger partial charge in [0.25, 0.3) is 0 Å². The van der Waals surface area contributed by atoms with Gasteiger partial charge in [-0.25, -0.2) is 4.99 Å². The average molecular weight is 332 g/mol. The van der Waals surface area contributed by atoms with E-state index in [4.69, 9.17) is 11.6 Å². The first kappa shape index (κ1) is 17.2. The van der Waals surface area contributed by atoms with Crippen molar-refractivity contribution in [1.82, 2.24) is 10.6 Å². The standard InChI is InChI=1S/C18H22ClN3O/c1-3-20-18(21-12-14-5-4-6-17(23)11-14)22-13(2)15-7-9-16(19)10-8-15/h4-11,13,23H,3,12H2,1-2H3,(H2,20,21,22). The number of aromatic hydroxyl groups is 1. The number of phenolic OH excluding ortho intramolecular Hbond substituents is 1. The van der Waals surface area contributed by atoms with Crippen LogP contribution in [0.1, 0.15) is 31.0 Å². The van der Waals surface area contributed by atoms with E-state index in [2.05, 4.69) is 22.5 Å². The van der Waals surface area contributed by atoms with Crippen LogP contribution in [0.25, 0.3) is 0 Å². The molecule has 0 amide bonds. The van der Waals surface area contributed by atoms with Crippen LogP contribution in [-0.2, 0) is 6.54 Å². The van der Waals surface area contributed by atoms with Crippen molar-refractivity contribution in [2.75, 3.05) is 6.54 Å². The maximum Gasteiger partial charge on any atom is 0.192 e. The lowest BCUT2D eigenvalue weighted by molar-refractivity contribution is 0.474. The number of halogens is 1. The molecule has 0 aliphatic rings. The Morgan fingerprint density at radius 3 is 2.61 bits per heavy atom. The van der Waals surface area contributed by atoms with Crippen molar-refractivity contribution < 1.29 is 5.11 Å². The third kappa shape index (κ3) is 5.49. The molecule has 1 unspecified atom stereocenters.